The largest absolute Gasteiger partial charge is 0.452 e. The minimum Gasteiger partial charge on any atom is -0.452 e. The molecule has 1 fully saturated rings. The van der Waals surface area contributed by atoms with E-state index in [0.29, 0.717) is 12.3 Å². The molecule has 1 saturated carbocycles. The highest BCUT2D eigenvalue weighted by Crippen LogP contribution is 2.34. The lowest BCUT2D eigenvalue weighted by Gasteiger charge is -2.14. The Morgan fingerprint density at radius 2 is 2.24 bits per heavy atom. The van der Waals surface area contributed by atoms with Gasteiger partial charge in [0.2, 0.25) is 10.0 Å². The average molecular weight is 323 g/mol. The molecular formula is C10H15BrN2O3S. The summed E-state index contributed by atoms with van der Waals surface area (Å²) in [6.45, 7) is 0.501. The summed E-state index contributed by atoms with van der Waals surface area (Å²) >= 11 is 3.16. The molecule has 1 aromatic rings. The fourth-order valence-electron chi connectivity index (χ4n) is 1.62. The van der Waals surface area contributed by atoms with Gasteiger partial charge in [0.15, 0.2) is 4.67 Å². The number of hydrogen-bond acceptors (Lipinski definition) is 4. The fraction of sp³-hybridized carbons (Fsp3) is 0.600. The van der Waals surface area contributed by atoms with Crippen LogP contribution in [0.4, 0.5) is 0 Å². The first-order valence-corrected chi connectivity index (χ1v) is 7.61. The molecule has 1 N–H and O–H groups in total. The van der Waals surface area contributed by atoms with Crippen LogP contribution in [-0.4, -0.2) is 32.9 Å². The average Bonchev–Trinajstić information content (AvgIpc) is 3.03. The zero-order valence-electron chi connectivity index (χ0n) is 9.73. The molecule has 2 rings (SSSR count). The molecule has 96 valence electrons. The molecule has 0 unspecified atom stereocenters. The van der Waals surface area contributed by atoms with E-state index in [2.05, 4.69) is 21.2 Å². The van der Waals surface area contributed by atoms with Crippen LogP contribution in [0.25, 0.3) is 0 Å². The molecule has 1 aliphatic rings. The summed E-state index contributed by atoms with van der Waals surface area (Å²) in [4.78, 5) is 0.206. The molecule has 0 saturated heterocycles. The molecule has 1 aromatic heterocycles. The van der Waals surface area contributed by atoms with Crippen molar-refractivity contribution in [1.82, 2.24) is 9.62 Å². The summed E-state index contributed by atoms with van der Waals surface area (Å²) in [5.74, 6) is 0.599. The van der Waals surface area contributed by atoms with Crippen molar-refractivity contribution in [3.63, 3.8) is 0 Å². The minimum absolute atomic E-state index is 0.148. The highest BCUT2D eigenvalue weighted by molar-refractivity contribution is 9.10. The molecule has 17 heavy (non-hydrogen) atoms. The molecule has 7 heteroatoms. The second-order valence-electron chi connectivity index (χ2n) is 4.13. The molecule has 0 atom stereocenters. The maximum Gasteiger partial charge on any atom is 0.247 e. The molecule has 1 aliphatic carbocycles. The van der Waals surface area contributed by atoms with E-state index in [9.17, 15) is 8.42 Å². The SMILES string of the molecule is CNCc1cc(S(=O)(=O)N(C)C2CC2)c(Br)o1. The lowest BCUT2D eigenvalue weighted by atomic mass is 10.4. The van der Waals surface area contributed by atoms with Crippen LogP contribution in [0.15, 0.2) is 20.0 Å². The Morgan fingerprint density at radius 1 is 1.59 bits per heavy atom. The minimum atomic E-state index is -3.44. The first kappa shape index (κ1) is 13.1. The van der Waals surface area contributed by atoms with Crippen molar-refractivity contribution in [3.8, 4) is 0 Å². The lowest BCUT2D eigenvalue weighted by Crippen LogP contribution is -2.28. The van der Waals surface area contributed by atoms with E-state index in [-0.39, 0.29) is 15.6 Å². The molecule has 1 heterocycles. The van der Waals surface area contributed by atoms with Gasteiger partial charge in [0.05, 0.1) is 6.54 Å². The van der Waals surface area contributed by atoms with Crippen molar-refractivity contribution in [2.24, 2.45) is 0 Å². The van der Waals surface area contributed by atoms with Crippen molar-refractivity contribution in [3.05, 3.63) is 16.5 Å². The van der Waals surface area contributed by atoms with Gasteiger partial charge in [-0.2, -0.15) is 4.31 Å². The highest BCUT2D eigenvalue weighted by atomic mass is 79.9. The lowest BCUT2D eigenvalue weighted by molar-refractivity contribution is 0.453. The summed E-state index contributed by atoms with van der Waals surface area (Å²) in [6.07, 6.45) is 1.88. The van der Waals surface area contributed by atoms with E-state index in [1.54, 1.807) is 20.2 Å². The Balaban J connectivity index is 2.31. The second kappa shape index (κ2) is 4.72. The second-order valence-corrected chi connectivity index (χ2v) is 6.82. The van der Waals surface area contributed by atoms with Crippen LogP contribution >= 0.6 is 15.9 Å². The third-order valence-corrected chi connectivity index (χ3v) is 5.54. The third-order valence-electron chi connectivity index (χ3n) is 2.78. The van der Waals surface area contributed by atoms with Gasteiger partial charge in [-0.25, -0.2) is 8.42 Å². The summed E-state index contributed by atoms with van der Waals surface area (Å²) < 4.78 is 31.6. The van der Waals surface area contributed by atoms with Crippen LogP contribution in [-0.2, 0) is 16.6 Å². The van der Waals surface area contributed by atoms with Crippen LogP contribution in [0.2, 0.25) is 0 Å². The Bertz CT molecular complexity index is 508. The molecular weight excluding hydrogens is 308 g/mol. The predicted molar refractivity (Wildman–Crippen MR) is 67.1 cm³/mol. The Morgan fingerprint density at radius 3 is 2.76 bits per heavy atom. The van der Waals surface area contributed by atoms with Gasteiger partial charge in [-0.1, -0.05) is 0 Å². The van der Waals surface area contributed by atoms with Gasteiger partial charge < -0.3 is 9.73 Å². The van der Waals surface area contributed by atoms with Gasteiger partial charge in [-0.05, 0) is 35.8 Å². The number of furan rings is 1. The van der Waals surface area contributed by atoms with Crippen LogP contribution in [0, 0.1) is 0 Å². The Labute approximate surface area is 109 Å². The zero-order valence-corrected chi connectivity index (χ0v) is 12.1. The summed E-state index contributed by atoms with van der Waals surface area (Å²) in [5, 5.41) is 2.92. The van der Waals surface area contributed by atoms with Gasteiger partial charge in [0.1, 0.15) is 10.7 Å². The topological polar surface area (TPSA) is 62.6 Å². The smallest absolute Gasteiger partial charge is 0.247 e. The van der Waals surface area contributed by atoms with Gasteiger partial charge >= 0.3 is 0 Å². The van der Waals surface area contributed by atoms with Crippen LogP contribution in [0.3, 0.4) is 0 Å². The zero-order chi connectivity index (χ0) is 12.6. The van der Waals surface area contributed by atoms with Crippen molar-refractivity contribution in [2.45, 2.75) is 30.3 Å². The van der Waals surface area contributed by atoms with Crippen LogP contribution in [0.1, 0.15) is 18.6 Å². The number of nitrogens with one attached hydrogen (secondary N) is 1. The monoisotopic (exact) mass is 322 g/mol. The quantitative estimate of drug-likeness (QED) is 0.893. The first-order valence-electron chi connectivity index (χ1n) is 5.37. The van der Waals surface area contributed by atoms with E-state index in [1.165, 1.54) is 4.31 Å². The Hall–Kier alpha value is -0.370. The normalized spacial score (nSPS) is 16.7. The van der Waals surface area contributed by atoms with Gasteiger partial charge in [0.25, 0.3) is 0 Å². The Kier molecular flexibility index (Phi) is 3.63. The van der Waals surface area contributed by atoms with Crippen molar-refractivity contribution in [2.75, 3.05) is 14.1 Å². The van der Waals surface area contributed by atoms with Gasteiger partial charge in [-0.3, -0.25) is 0 Å². The number of halogens is 1. The molecule has 0 radical (unpaired) electrons. The van der Waals surface area contributed by atoms with E-state index < -0.39 is 10.0 Å². The number of rotatable bonds is 5. The summed E-state index contributed by atoms with van der Waals surface area (Å²) in [7, 11) is -0.0450. The van der Waals surface area contributed by atoms with Gasteiger partial charge in [0, 0.05) is 19.2 Å². The third kappa shape index (κ3) is 2.57. The molecule has 0 amide bonds. The van der Waals surface area contributed by atoms with Crippen molar-refractivity contribution in [1.29, 1.82) is 0 Å². The standard InChI is InChI=1S/C10H15BrN2O3S/c1-12-6-8-5-9(10(11)16-8)17(14,15)13(2)7-3-4-7/h5,7,12H,3-4,6H2,1-2H3. The van der Waals surface area contributed by atoms with E-state index >= 15 is 0 Å². The van der Waals surface area contributed by atoms with Crippen LogP contribution < -0.4 is 5.32 Å². The number of hydrogen-bond donors (Lipinski definition) is 1. The maximum atomic E-state index is 12.3. The number of nitrogens with zero attached hydrogens (tertiary/aromatic N) is 1. The van der Waals surface area contributed by atoms with Crippen LogP contribution in [0.5, 0.6) is 0 Å². The number of sulfonamides is 1. The maximum absolute atomic E-state index is 12.3. The van der Waals surface area contributed by atoms with Crippen molar-refractivity contribution >= 4 is 26.0 Å². The first-order chi connectivity index (χ1) is 7.96. The van der Waals surface area contributed by atoms with Gasteiger partial charge in [-0.15, -0.1) is 0 Å². The summed E-state index contributed by atoms with van der Waals surface area (Å²) in [6, 6.07) is 1.71. The van der Waals surface area contributed by atoms with E-state index in [4.69, 9.17) is 4.42 Å². The van der Waals surface area contributed by atoms with E-state index in [1.807, 2.05) is 0 Å². The predicted octanol–water partition coefficient (Wildman–Crippen LogP) is 1.54. The highest BCUT2D eigenvalue weighted by Gasteiger charge is 2.37. The molecule has 0 aliphatic heterocycles. The van der Waals surface area contributed by atoms with E-state index in [0.717, 1.165) is 12.8 Å². The van der Waals surface area contributed by atoms with Crippen molar-refractivity contribution < 1.29 is 12.8 Å². The fourth-order valence-corrected chi connectivity index (χ4v) is 4.00. The molecule has 0 spiro atoms. The summed E-state index contributed by atoms with van der Waals surface area (Å²) in [5.41, 5.74) is 0. The molecule has 0 aromatic carbocycles. The molecule has 5 nitrogen and oxygen atoms in total. The molecule has 0 bridgehead atoms.